The van der Waals surface area contributed by atoms with Crippen molar-refractivity contribution in [3.8, 4) is 5.75 Å². The number of benzene rings is 2. The lowest BCUT2D eigenvalue weighted by Gasteiger charge is -2.28. The maximum Gasteiger partial charge on any atom is 0.182 e. The molecule has 1 aliphatic heterocycles. The number of likely N-dealkylation sites (tertiary alicyclic amines) is 1. The van der Waals surface area contributed by atoms with Gasteiger partial charge in [0.15, 0.2) is 5.78 Å². The summed E-state index contributed by atoms with van der Waals surface area (Å²) in [5.74, 6) is 2.08. The van der Waals surface area contributed by atoms with Gasteiger partial charge in [0.1, 0.15) is 11.6 Å². The molecule has 1 saturated heterocycles. The number of aromatic hydroxyl groups is 1. The van der Waals surface area contributed by atoms with E-state index in [9.17, 15) is 9.90 Å². The Bertz CT molecular complexity index is 1030. The van der Waals surface area contributed by atoms with Crippen molar-refractivity contribution in [2.45, 2.75) is 78.6 Å². The van der Waals surface area contributed by atoms with E-state index in [4.69, 9.17) is 0 Å². The lowest BCUT2D eigenvalue weighted by atomic mass is 9.78. The second-order valence-corrected chi connectivity index (χ2v) is 12.4. The van der Waals surface area contributed by atoms with Crippen LogP contribution in [0.2, 0.25) is 0 Å². The third-order valence-electron chi connectivity index (χ3n) is 7.09. The van der Waals surface area contributed by atoms with Crippen LogP contribution in [-0.2, 0) is 17.3 Å². The van der Waals surface area contributed by atoms with Crippen LogP contribution >= 0.6 is 16.1 Å². The third kappa shape index (κ3) is 6.35. The van der Waals surface area contributed by atoms with Gasteiger partial charge >= 0.3 is 0 Å². The first-order valence-electron chi connectivity index (χ1n) is 12.8. The number of phenolic OH excluding ortho intramolecular Hbond substituents is 1. The summed E-state index contributed by atoms with van der Waals surface area (Å²) in [6.07, 6.45) is 3.10. The summed E-state index contributed by atoms with van der Waals surface area (Å²) in [4.78, 5) is 15.8. The van der Waals surface area contributed by atoms with E-state index in [2.05, 4.69) is 97.8 Å². The fourth-order valence-electron chi connectivity index (χ4n) is 5.21. The molecule has 0 aliphatic carbocycles. The van der Waals surface area contributed by atoms with Crippen LogP contribution in [0.4, 0.5) is 0 Å². The number of amidine groups is 1. The van der Waals surface area contributed by atoms with Crippen LogP contribution in [0.3, 0.4) is 0 Å². The highest BCUT2D eigenvalue weighted by atomic mass is 79.9. The van der Waals surface area contributed by atoms with E-state index in [1.807, 2.05) is 18.2 Å². The average molecular weight is 542 g/mol. The molecule has 0 aromatic heterocycles. The smallest absolute Gasteiger partial charge is 0.182 e. The van der Waals surface area contributed by atoms with Gasteiger partial charge in [0.05, 0.1) is 22.7 Å². The van der Waals surface area contributed by atoms with Gasteiger partial charge in [-0.3, -0.25) is 4.79 Å². The molecule has 1 heterocycles. The molecule has 2 aromatic rings. The van der Waals surface area contributed by atoms with E-state index < -0.39 is 0 Å². The van der Waals surface area contributed by atoms with E-state index in [-0.39, 0.29) is 23.2 Å². The molecule has 2 aromatic carbocycles. The van der Waals surface area contributed by atoms with Crippen molar-refractivity contribution < 1.29 is 9.90 Å². The lowest BCUT2D eigenvalue weighted by Crippen LogP contribution is -2.33. The Balaban J connectivity index is 1.92. The van der Waals surface area contributed by atoms with Crippen molar-refractivity contribution in [2.24, 2.45) is 15.9 Å². The van der Waals surface area contributed by atoms with Crippen LogP contribution in [-0.4, -0.2) is 34.7 Å². The van der Waals surface area contributed by atoms with Gasteiger partial charge in [-0.2, -0.15) is 4.02 Å². The van der Waals surface area contributed by atoms with E-state index in [0.29, 0.717) is 23.1 Å². The van der Waals surface area contributed by atoms with Crippen molar-refractivity contribution >= 4 is 27.8 Å². The zero-order valence-electron chi connectivity index (χ0n) is 22.4. The van der Waals surface area contributed by atoms with Crippen LogP contribution in [0.5, 0.6) is 5.75 Å². The number of ketones is 1. The fourth-order valence-corrected chi connectivity index (χ4v) is 5.70. The van der Waals surface area contributed by atoms with Crippen LogP contribution in [0.15, 0.2) is 46.5 Å². The van der Waals surface area contributed by atoms with Crippen LogP contribution in [0.1, 0.15) is 88.4 Å². The molecule has 3 rings (SSSR count). The molecule has 1 fully saturated rings. The maximum atomic E-state index is 13.7. The SMILES string of the molecule is CCC[C@H]1/C(=N/Br)N(CC(=O)c2cc(C(C)(C)C)c(O)c(C(C)(C)C)c2)C[C@@H]1Cc1ccccc1. The van der Waals surface area contributed by atoms with E-state index in [1.165, 1.54) is 5.56 Å². The summed E-state index contributed by atoms with van der Waals surface area (Å²) in [7, 11) is 0. The van der Waals surface area contributed by atoms with Gasteiger partial charge in [-0.1, -0.05) is 85.2 Å². The van der Waals surface area contributed by atoms with E-state index >= 15 is 0 Å². The van der Waals surface area contributed by atoms with Gasteiger partial charge < -0.3 is 10.0 Å². The van der Waals surface area contributed by atoms with Gasteiger partial charge in [0.2, 0.25) is 0 Å². The van der Waals surface area contributed by atoms with Gasteiger partial charge in [0.25, 0.3) is 0 Å². The Kier molecular flexibility index (Phi) is 8.52. The molecule has 2 atom stereocenters. The Labute approximate surface area is 220 Å². The molecular weight excluding hydrogens is 500 g/mol. The predicted octanol–water partition coefficient (Wildman–Crippen LogP) is 7.47. The summed E-state index contributed by atoms with van der Waals surface area (Å²) < 4.78 is 4.50. The molecule has 35 heavy (non-hydrogen) atoms. The molecule has 0 unspecified atom stereocenters. The zero-order valence-corrected chi connectivity index (χ0v) is 23.9. The number of halogens is 1. The molecule has 0 spiro atoms. The fraction of sp³-hybridized carbons (Fsp3) is 0.533. The molecule has 0 radical (unpaired) electrons. The van der Waals surface area contributed by atoms with Crippen molar-refractivity contribution in [1.29, 1.82) is 0 Å². The highest BCUT2D eigenvalue weighted by Gasteiger charge is 2.39. The molecule has 4 nitrogen and oxygen atoms in total. The van der Waals surface area contributed by atoms with E-state index in [1.54, 1.807) is 0 Å². The minimum atomic E-state index is -0.274. The van der Waals surface area contributed by atoms with Gasteiger partial charge in [0, 0.05) is 29.2 Å². The zero-order chi connectivity index (χ0) is 26.0. The summed E-state index contributed by atoms with van der Waals surface area (Å²) >= 11 is 3.37. The number of carbonyl (C=O) groups excluding carboxylic acids is 1. The second kappa shape index (κ2) is 10.9. The highest BCUT2D eigenvalue weighted by Crippen LogP contribution is 2.40. The number of hydrogen-bond acceptors (Lipinski definition) is 3. The molecular formula is C30H41BrN2O2. The third-order valence-corrected chi connectivity index (χ3v) is 7.45. The monoisotopic (exact) mass is 540 g/mol. The number of nitrogens with zero attached hydrogens (tertiary/aromatic N) is 2. The van der Waals surface area contributed by atoms with Crippen LogP contribution in [0.25, 0.3) is 0 Å². The van der Waals surface area contributed by atoms with Crippen molar-refractivity contribution in [2.75, 3.05) is 13.1 Å². The van der Waals surface area contributed by atoms with E-state index in [0.717, 1.165) is 42.8 Å². The number of carbonyl (C=O) groups is 1. The number of phenols is 1. The first kappa shape index (κ1) is 27.4. The number of hydrogen-bond donors (Lipinski definition) is 1. The van der Waals surface area contributed by atoms with Crippen LogP contribution in [0, 0.1) is 11.8 Å². The molecule has 1 aliphatic rings. The lowest BCUT2D eigenvalue weighted by molar-refractivity contribution is 0.0963. The van der Waals surface area contributed by atoms with Gasteiger partial charge in [-0.25, -0.2) is 0 Å². The minimum absolute atomic E-state index is 0.0604. The average Bonchev–Trinajstić information content (AvgIpc) is 3.08. The molecule has 0 saturated carbocycles. The second-order valence-electron chi connectivity index (χ2n) is 12.0. The van der Waals surface area contributed by atoms with Gasteiger partial charge in [-0.05, 0) is 47.3 Å². The first-order valence-corrected chi connectivity index (χ1v) is 13.5. The Hall–Kier alpha value is -2.14. The summed E-state index contributed by atoms with van der Waals surface area (Å²) in [6, 6.07) is 14.4. The Morgan fingerprint density at radius 3 is 2.11 bits per heavy atom. The maximum absolute atomic E-state index is 13.7. The van der Waals surface area contributed by atoms with Crippen molar-refractivity contribution in [1.82, 2.24) is 4.90 Å². The minimum Gasteiger partial charge on any atom is -0.507 e. The molecule has 1 N–H and O–H groups in total. The largest absolute Gasteiger partial charge is 0.507 e. The number of Topliss-reactive ketones (excluding diaryl/α,β-unsaturated/α-hetero) is 1. The topological polar surface area (TPSA) is 52.9 Å². The molecule has 5 heteroatoms. The van der Waals surface area contributed by atoms with Crippen molar-refractivity contribution in [3.05, 3.63) is 64.7 Å². The van der Waals surface area contributed by atoms with Crippen molar-refractivity contribution in [3.63, 3.8) is 0 Å². The molecule has 0 amide bonds. The van der Waals surface area contributed by atoms with Crippen LogP contribution < -0.4 is 0 Å². The first-order chi connectivity index (χ1) is 16.4. The predicted molar refractivity (Wildman–Crippen MR) is 150 cm³/mol. The molecule has 190 valence electrons. The normalized spacial score (nSPS) is 20.0. The Morgan fingerprint density at radius 1 is 1.06 bits per heavy atom. The summed E-state index contributed by atoms with van der Waals surface area (Å²) in [6.45, 7) is 15.7. The Morgan fingerprint density at radius 2 is 1.63 bits per heavy atom. The summed E-state index contributed by atoms with van der Waals surface area (Å²) in [5, 5.41) is 11.1. The van der Waals surface area contributed by atoms with Gasteiger partial charge in [-0.15, -0.1) is 0 Å². The quantitative estimate of drug-likeness (QED) is 0.370. The standard InChI is InChI=1S/C30H41BrN2O2/c1-8-12-23-22(15-20-13-10-9-11-14-20)18-33(28(23)32-31)19-26(34)21-16-24(29(2,3)4)27(35)25(17-21)30(5,6)7/h9-11,13-14,16-17,22-23,35H,8,12,15,18-19H2,1-7H3/b32-28-/t22-,23+/m0/s1. The highest BCUT2D eigenvalue weighted by molar-refractivity contribution is 9.08. The summed E-state index contributed by atoms with van der Waals surface area (Å²) in [5.41, 5.74) is 3.06. The number of rotatable bonds is 7. The molecule has 0 bridgehead atoms.